The SMILES string of the molecule is N#CC1(NC(=O)C[NH+]2CCC[C@@H]2c2cccs2)CCCC1. The van der Waals surface area contributed by atoms with E-state index in [1.54, 1.807) is 11.3 Å². The molecule has 2 aliphatic rings. The highest BCUT2D eigenvalue weighted by Gasteiger charge is 2.38. The van der Waals surface area contributed by atoms with E-state index >= 15 is 0 Å². The van der Waals surface area contributed by atoms with Crippen LogP contribution in [-0.4, -0.2) is 24.5 Å². The third kappa shape index (κ3) is 3.12. The van der Waals surface area contributed by atoms with E-state index in [0.29, 0.717) is 12.6 Å². The second kappa shape index (κ2) is 6.17. The van der Waals surface area contributed by atoms with Gasteiger partial charge in [0.05, 0.1) is 17.5 Å². The Balaban J connectivity index is 1.61. The van der Waals surface area contributed by atoms with Gasteiger partial charge in [-0.3, -0.25) is 4.79 Å². The number of likely N-dealkylation sites (tertiary alicyclic amines) is 1. The van der Waals surface area contributed by atoms with Crippen molar-refractivity contribution in [1.82, 2.24) is 5.32 Å². The first-order chi connectivity index (χ1) is 10.2. The lowest BCUT2D eigenvalue weighted by Crippen LogP contribution is -3.11. The van der Waals surface area contributed by atoms with E-state index < -0.39 is 5.54 Å². The summed E-state index contributed by atoms with van der Waals surface area (Å²) in [5.74, 6) is 0.0388. The van der Waals surface area contributed by atoms with Crippen molar-refractivity contribution in [1.29, 1.82) is 5.26 Å². The van der Waals surface area contributed by atoms with Gasteiger partial charge < -0.3 is 10.2 Å². The van der Waals surface area contributed by atoms with Gasteiger partial charge in [0, 0.05) is 12.8 Å². The Bertz CT molecular complexity index is 528. The molecule has 1 saturated heterocycles. The van der Waals surface area contributed by atoms with Gasteiger partial charge in [-0.2, -0.15) is 5.26 Å². The lowest BCUT2D eigenvalue weighted by atomic mass is 10.00. The molecule has 1 aliphatic heterocycles. The normalized spacial score (nSPS) is 27.4. The molecule has 1 aromatic heterocycles. The van der Waals surface area contributed by atoms with Crippen LogP contribution in [0, 0.1) is 11.3 Å². The molecule has 0 bridgehead atoms. The van der Waals surface area contributed by atoms with Crippen LogP contribution in [0.3, 0.4) is 0 Å². The van der Waals surface area contributed by atoms with E-state index in [2.05, 4.69) is 28.9 Å². The molecule has 112 valence electrons. The van der Waals surface area contributed by atoms with Crippen LogP contribution in [-0.2, 0) is 4.79 Å². The van der Waals surface area contributed by atoms with Gasteiger partial charge in [-0.25, -0.2) is 0 Å². The van der Waals surface area contributed by atoms with Gasteiger partial charge in [0.15, 0.2) is 6.54 Å². The Hall–Kier alpha value is -1.38. The van der Waals surface area contributed by atoms with E-state index in [1.165, 1.54) is 16.2 Å². The minimum atomic E-state index is -0.589. The maximum Gasteiger partial charge on any atom is 0.276 e. The maximum absolute atomic E-state index is 12.4. The highest BCUT2D eigenvalue weighted by atomic mass is 32.1. The maximum atomic E-state index is 12.4. The Morgan fingerprint density at radius 3 is 2.95 bits per heavy atom. The molecule has 1 amide bonds. The molecule has 0 radical (unpaired) electrons. The first kappa shape index (κ1) is 14.6. The zero-order valence-corrected chi connectivity index (χ0v) is 13.0. The van der Waals surface area contributed by atoms with E-state index in [4.69, 9.17) is 0 Å². The molecule has 2 fully saturated rings. The summed E-state index contributed by atoms with van der Waals surface area (Å²) in [6.45, 7) is 1.54. The van der Waals surface area contributed by atoms with Gasteiger partial charge >= 0.3 is 0 Å². The van der Waals surface area contributed by atoms with Crippen LogP contribution in [0.1, 0.15) is 49.4 Å². The van der Waals surface area contributed by atoms with E-state index in [1.807, 2.05) is 0 Å². The summed E-state index contributed by atoms with van der Waals surface area (Å²) in [5.41, 5.74) is -0.589. The van der Waals surface area contributed by atoms with Gasteiger partial charge in [-0.1, -0.05) is 6.07 Å². The van der Waals surface area contributed by atoms with Gasteiger partial charge in [-0.15, -0.1) is 11.3 Å². The van der Waals surface area contributed by atoms with Gasteiger partial charge in [-0.05, 0) is 37.1 Å². The summed E-state index contributed by atoms with van der Waals surface area (Å²) in [4.78, 5) is 15.1. The number of nitriles is 1. The topological polar surface area (TPSA) is 57.3 Å². The largest absolute Gasteiger partial charge is 0.333 e. The average Bonchev–Trinajstić information content (AvgIpc) is 3.19. The van der Waals surface area contributed by atoms with Crippen LogP contribution < -0.4 is 10.2 Å². The minimum absolute atomic E-state index is 0.0388. The Morgan fingerprint density at radius 2 is 2.29 bits per heavy atom. The molecule has 3 rings (SSSR count). The number of hydrogen-bond donors (Lipinski definition) is 2. The van der Waals surface area contributed by atoms with Crippen LogP contribution in [0.2, 0.25) is 0 Å². The van der Waals surface area contributed by atoms with Crippen molar-refractivity contribution < 1.29 is 9.69 Å². The lowest BCUT2D eigenvalue weighted by molar-refractivity contribution is -0.910. The number of carbonyl (C=O) groups excluding carboxylic acids is 1. The summed E-state index contributed by atoms with van der Waals surface area (Å²) >= 11 is 1.78. The van der Waals surface area contributed by atoms with Crippen molar-refractivity contribution in [3.05, 3.63) is 22.4 Å². The predicted octanol–water partition coefficient (Wildman–Crippen LogP) is 1.42. The molecule has 2 N–H and O–H groups in total. The Kier molecular flexibility index (Phi) is 4.27. The molecule has 0 spiro atoms. The van der Waals surface area contributed by atoms with Gasteiger partial charge in [0.25, 0.3) is 5.91 Å². The molecule has 21 heavy (non-hydrogen) atoms. The van der Waals surface area contributed by atoms with Crippen molar-refractivity contribution in [3.63, 3.8) is 0 Å². The number of rotatable bonds is 4. The van der Waals surface area contributed by atoms with Crippen LogP contribution in [0.25, 0.3) is 0 Å². The van der Waals surface area contributed by atoms with Crippen molar-refractivity contribution in [2.45, 2.75) is 50.1 Å². The van der Waals surface area contributed by atoms with Crippen molar-refractivity contribution in [2.24, 2.45) is 0 Å². The number of nitrogens with zero attached hydrogens (tertiary/aromatic N) is 1. The Morgan fingerprint density at radius 1 is 1.48 bits per heavy atom. The predicted molar refractivity (Wildman–Crippen MR) is 81.9 cm³/mol. The smallest absolute Gasteiger partial charge is 0.276 e. The highest BCUT2D eigenvalue weighted by molar-refractivity contribution is 7.10. The molecule has 2 atom stereocenters. The monoisotopic (exact) mass is 304 g/mol. The molecule has 4 nitrogen and oxygen atoms in total. The highest BCUT2D eigenvalue weighted by Crippen LogP contribution is 2.28. The molecule has 1 unspecified atom stereocenters. The zero-order valence-electron chi connectivity index (χ0n) is 12.2. The number of nitrogens with one attached hydrogen (secondary N) is 2. The third-order valence-corrected chi connectivity index (χ3v) is 5.79. The lowest BCUT2D eigenvalue weighted by Gasteiger charge is -2.25. The standard InChI is InChI=1S/C16H21N3OS/c17-12-16(7-1-2-8-16)18-15(20)11-19-9-3-5-13(19)14-6-4-10-21-14/h4,6,10,13H,1-3,5,7-9,11H2,(H,18,20)/p+1/t13-/m1/s1. The zero-order chi connectivity index (χ0) is 14.7. The first-order valence-corrected chi connectivity index (χ1v) is 8.71. The first-order valence-electron chi connectivity index (χ1n) is 7.83. The van der Waals surface area contributed by atoms with Crippen molar-refractivity contribution in [2.75, 3.05) is 13.1 Å². The fourth-order valence-electron chi connectivity index (χ4n) is 3.72. The van der Waals surface area contributed by atoms with Crippen LogP contribution in [0.15, 0.2) is 17.5 Å². The summed E-state index contributed by atoms with van der Waals surface area (Å²) in [6.07, 6.45) is 6.03. The van der Waals surface area contributed by atoms with Crippen LogP contribution in [0.4, 0.5) is 0 Å². The molecule has 0 aromatic carbocycles. The number of hydrogen-bond acceptors (Lipinski definition) is 3. The average molecular weight is 304 g/mol. The number of thiophene rings is 1. The number of quaternary nitrogens is 1. The molecule has 1 saturated carbocycles. The second-order valence-corrected chi connectivity index (χ2v) is 7.22. The van der Waals surface area contributed by atoms with Crippen LogP contribution in [0.5, 0.6) is 0 Å². The molecule has 1 aliphatic carbocycles. The molecule has 5 heteroatoms. The molecular formula is C16H22N3OS+. The summed E-state index contributed by atoms with van der Waals surface area (Å²) in [6, 6.07) is 7.04. The van der Waals surface area contributed by atoms with Gasteiger partial charge in [0.2, 0.25) is 0 Å². The minimum Gasteiger partial charge on any atom is -0.333 e. The van der Waals surface area contributed by atoms with E-state index in [0.717, 1.165) is 38.6 Å². The fourth-order valence-corrected chi connectivity index (χ4v) is 4.64. The summed E-state index contributed by atoms with van der Waals surface area (Å²) < 4.78 is 0. The van der Waals surface area contributed by atoms with Gasteiger partial charge in [0.1, 0.15) is 11.6 Å². The number of amides is 1. The molecule has 2 heterocycles. The second-order valence-electron chi connectivity index (χ2n) is 6.24. The quantitative estimate of drug-likeness (QED) is 0.884. The fraction of sp³-hybridized carbons (Fsp3) is 0.625. The van der Waals surface area contributed by atoms with E-state index in [9.17, 15) is 10.1 Å². The van der Waals surface area contributed by atoms with Crippen molar-refractivity contribution in [3.8, 4) is 6.07 Å². The van der Waals surface area contributed by atoms with Crippen LogP contribution >= 0.6 is 11.3 Å². The summed E-state index contributed by atoms with van der Waals surface area (Å²) in [7, 11) is 0. The van der Waals surface area contributed by atoms with E-state index in [-0.39, 0.29) is 5.91 Å². The summed E-state index contributed by atoms with van der Waals surface area (Å²) in [5, 5.41) is 14.5. The molecular weight excluding hydrogens is 282 g/mol. The molecule has 1 aromatic rings. The van der Waals surface area contributed by atoms with Crippen molar-refractivity contribution >= 4 is 17.2 Å². The third-order valence-electron chi connectivity index (χ3n) is 4.81. The number of carbonyl (C=O) groups is 1. The Labute approximate surface area is 129 Å².